The van der Waals surface area contributed by atoms with Gasteiger partial charge in [-0.25, -0.2) is 4.68 Å². The van der Waals surface area contributed by atoms with Crippen LogP contribution >= 0.6 is 11.8 Å². The number of rotatable bonds is 7. The van der Waals surface area contributed by atoms with Crippen LogP contribution < -0.4 is 5.32 Å². The molecule has 0 aliphatic rings. The number of aromatic nitrogens is 4. The molecule has 8 heteroatoms. The van der Waals surface area contributed by atoms with E-state index in [9.17, 15) is 4.79 Å². The van der Waals surface area contributed by atoms with Crippen molar-refractivity contribution in [3.05, 3.63) is 41.2 Å². The number of ether oxygens (including phenoxy) is 1. The molecule has 0 fully saturated rings. The number of benzene rings is 1. The number of hydrogen-bond donors (Lipinski definition) is 1. The minimum Gasteiger partial charge on any atom is -0.383 e. The van der Waals surface area contributed by atoms with Crippen LogP contribution in [0.25, 0.3) is 16.6 Å². The van der Waals surface area contributed by atoms with Crippen molar-refractivity contribution in [3.63, 3.8) is 0 Å². The van der Waals surface area contributed by atoms with E-state index in [1.54, 1.807) is 13.3 Å². The van der Waals surface area contributed by atoms with Crippen LogP contribution in [0.1, 0.15) is 16.8 Å². The van der Waals surface area contributed by atoms with E-state index in [-0.39, 0.29) is 11.7 Å². The number of nitrogens with zero attached hydrogens (tertiary/aromatic N) is 4. The third-order valence-corrected chi connectivity index (χ3v) is 5.31. The van der Waals surface area contributed by atoms with Gasteiger partial charge in [0.05, 0.1) is 29.9 Å². The third kappa shape index (κ3) is 4.28. The van der Waals surface area contributed by atoms with Crippen molar-refractivity contribution in [2.45, 2.75) is 25.8 Å². The second kappa shape index (κ2) is 8.49. The van der Waals surface area contributed by atoms with Gasteiger partial charge in [0, 0.05) is 19.0 Å². The van der Waals surface area contributed by atoms with Gasteiger partial charge in [0.15, 0.2) is 0 Å². The first-order valence-electron chi connectivity index (χ1n) is 8.68. The number of fused-ring (bicyclic) bond motifs is 1. The van der Waals surface area contributed by atoms with Gasteiger partial charge in [0.1, 0.15) is 10.5 Å². The van der Waals surface area contributed by atoms with E-state index < -0.39 is 0 Å². The zero-order valence-electron chi connectivity index (χ0n) is 15.9. The quantitative estimate of drug-likeness (QED) is 0.497. The molecule has 142 valence electrons. The number of carbonyl (C=O) groups is 1. The van der Waals surface area contributed by atoms with Crippen LogP contribution in [-0.2, 0) is 9.53 Å². The van der Waals surface area contributed by atoms with Crippen molar-refractivity contribution < 1.29 is 9.53 Å². The molecule has 0 bridgehead atoms. The molecule has 0 saturated carbocycles. The second-order valence-electron chi connectivity index (χ2n) is 6.31. The van der Waals surface area contributed by atoms with Gasteiger partial charge in [-0.05, 0) is 44.0 Å². The maximum absolute atomic E-state index is 12.0. The van der Waals surface area contributed by atoms with Crippen LogP contribution in [0.15, 0.2) is 29.4 Å². The van der Waals surface area contributed by atoms with Gasteiger partial charge in [-0.1, -0.05) is 17.8 Å². The molecule has 1 aromatic carbocycles. The van der Waals surface area contributed by atoms with E-state index in [1.165, 1.54) is 22.9 Å². The van der Waals surface area contributed by atoms with Gasteiger partial charge in [-0.3, -0.25) is 4.79 Å². The molecule has 0 radical (unpaired) electrons. The monoisotopic (exact) mass is 385 g/mol. The van der Waals surface area contributed by atoms with E-state index in [4.69, 9.17) is 4.74 Å². The smallest absolute Gasteiger partial charge is 0.230 e. The number of aryl methyl sites for hydroxylation is 3. The highest BCUT2D eigenvalue weighted by Gasteiger charge is 2.16. The van der Waals surface area contributed by atoms with Crippen molar-refractivity contribution in [2.24, 2.45) is 0 Å². The summed E-state index contributed by atoms with van der Waals surface area (Å²) in [6.07, 6.45) is 1.80. The van der Waals surface area contributed by atoms with Crippen LogP contribution in [0.3, 0.4) is 0 Å². The molecular weight excluding hydrogens is 362 g/mol. The number of hydrogen-bond acceptors (Lipinski definition) is 6. The number of methoxy groups -OCH3 is 1. The Morgan fingerprint density at radius 2 is 2.04 bits per heavy atom. The van der Waals surface area contributed by atoms with Crippen LogP contribution in [-0.4, -0.2) is 51.9 Å². The normalized spacial score (nSPS) is 11.1. The summed E-state index contributed by atoms with van der Waals surface area (Å²) in [5.41, 5.74) is 5.08. The number of thioether (sulfide) groups is 1. The van der Waals surface area contributed by atoms with Gasteiger partial charge in [0.25, 0.3) is 0 Å². The highest BCUT2D eigenvalue weighted by Crippen LogP contribution is 2.29. The summed E-state index contributed by atoms with van der Waals surface area (Å²) in [5, 5.41) is 17.5. The lowest BCUT2D eigenvalue weighted by Gasteiger charge is -2.10. The maximum atomic E-state index is 12.0. The van der Waals surface area contributed by atoms with Crippen LogP contribution in [0, 0.1) is 20.8 Å². The Balaban J connectivity index is 1.91. The maximum Gasteiger partial charge on any atom is 0.230 e. The van der Waals surface area contributed by atoms with E-state index in [1.807, 2.05) is 17.7 Å². The molecule has 1 N–H and O–H groups in total. The molecule has 0 unspecified atom stereocenters. The lowest BCUT2D eigenvalue weighted by Crippen LogP contribution is -2.28. The molecule has 27 heavy (non-hydrogen) atoms. The van der Waals surface area contributed by atoms with Gasteiger partial charge < -0.3 is 10.1 Å². The minimum atomic E-state index is -0.0650. The van der Waals surface area contributed by atoms with Gasteiger partial charge in [-0.15, -0.1) is 5.10 Å². The lowest BCUT2D eigenvalue weighted by molar-refractivity contribution is -0.118. The molecule has 0 spiro atoms. The number of carbonyl (C=O) groups excluding carboxylic acids is 1. The highest BCUT2D eigenvalue weighted by molar-refractivity contribution is 8.00. The predicted octanol–water partition coefficient (Wildman–Crippen LogP) is 2.60. The summed E-state index contributed by atoms with van der Waals surface area (Å²) in [7, 11) is 1.60. The first-order chi connectivity index (χ1) is 13.0. The third-order valence-electron chi connectivity index (χ3n) is 4.36. The molecule has 2 aromatic heterocycles. The SMILES string of the molecule is COCCNC(=O)CSc1nnc(C)c2cnn(-c3ccc(C)c(C)c3)c12. The lowest BCUT2D eigenvalue weighted by atomic mass is 10.1. The van der Waals surface area contributed by atoms with Crippen LogP contribution in [0.5, 0.6) is 0 Å². The van der Waals surface area contributed by atoms with E-state index in [0.717, 1.165) is 22.3 Å². The Bertz CT molecular complexity index is 970. The fourth-order valence-electron chi connectivity index (χ4n) is 2.67. The fraction of sp³-hybridized carbons (Fsp3) is 0.368. The van der Waals surface area contributed by atoms with E-state index in [2.05, 4.69) is 46.6 Å². The zero-order chi connectivity index (χ0) is 19.4. The molecular formula is C19H23N5O2S. The Labute approximate surface area is 162 Å². The Morgan fingerprint density at radius 1 is 1.22 bits per heavy atom. The largest absolute Gasteiger partial charge is 0.383 e. The molecule has 0 aliphatic heterocycles. The molecule has 0 aliphatic carbocycles. The van der Waals surface area contributed by atoms with Gasteiger partial charge in [-0.2, -0.15) is 10.2 Å². The van der Waals surface area contributed by atoms with Crippen molar-refractivity contribution in [3.8, 4) is 5.69 Å². The highest BCUT2D eigenvalue weighted by atomic mass is 32.2. The number of nitrogens with one attached hydrogen (secondary N) is 1. The minimum absolute atomic E-state index is 0.0650. The Morgan fingerprint density at radius 3 is 2.78 bits per heavy atom. The molecule has 2 heterocycles. The Kier molecular flexibility index (Phi) is 6.08. The predicted molar refractivity (Wildman–Crippen MR) is 106 cm³/mol. The molecule has 7 nitrogen and oxygen atoms in total. The fourth-order valence-corrected chi connectivity index (χ4v) is 3.47. The van der Waals surface area contributed by atoms with Crippen molar-refractivity contribution in [1.82, 2.24) is 25.3 Å². The second-order valence-corrected chi connectivity index (χ2v) is 7.27. The number of amides is 1. The van der Waals surface area contributed by atoms with Crippen molar-refractivity contribution >= 4 is 28.6 Å². The summed E-state index contributed by atoms with van der Waals surface area (Å²) in [6, 6.07) is 6.22. The first-order valence-corrected chi connectivity index (χ1v) is 9.67. The van der Waals surface area contributed by atoms with Crippen LogP contribution in [0.2, 0.25) is 0 Å². The standard InChI is InChI=1S/C19H23N5O2S/c1-12-5-6-15(9-13(12)2)24-18-16(10-21-24)14(3)22-23-19(18)27-11-17(25)20-7-8-26-4/h5-6,9-10H,7-8,11H2,1-4H3,(H,20,25). The summed E-state index contributed by atoms with van der Waals surface area (Å²) < 4.78 is 6.81. The van der Waals surface area contributed by atoms with Crippen molar-refractivity contribution in [2.75, 3.05) is 26.0 Å². The van der Waals surface area contributed by atoms with Crippen LogP contribution in [0.4, 0.5) is 0 Å². The summed E-state index contributed by atoms with van der Waals surface area (Å²) in [5.74, 6) is 0.194. The zero-order valence-corrected chi connectivity index (χ0v) is 16.8. The summed E-state index contributed by atoms with van der Waals surface area (Å²) in [4.78, 5) is 12.0. The molecule has 3 rings (SSSR count). The van der Waals surface area contributed by atoms with E-state index in [0.29, 0.717) is 18.2 Å². The molecule has 0 saturated heterocycles. The average molecular weight is 385 g/mol. The molecule has 0 atom stereocenters. The first kappa shape index (κ1) is 19.3. The van der Waals surface area contributed by atoms with Gasteiger partial charge in [0.2, 0.25) is 5.91 Å². The summed E-state index contributed by atoms with van der Waals surface area (Å²) in [6.45, 7) is 7.05. The van der Waals surface area contributed by atoms with Crippen molar-refractivity contribution in [1.29, 1.82) is 0 Å². The topological polar surface area (TPSA) is 81.9 Å². The average Bonchev–Trinajstić information content (AvgIpc) is 3.10. The van der Waals surface area contributed by atoms with E-state index >= 15 is 0 Å². The molecule has 1 amide bonds. The van der Waals surface area contributed by atoms with Gasteiger partial charge >= 0.3 is 0 Å². The molecule has 3 aromatic rings. The Hall–Kier alpha value is -2.45. The summed E-state index contributed by atoms with van der Waals surface area (Å²) >= 11 is 1.36.